The number of nitrogens with two attached hydrogens (primary N) is 1. The molecular formula is C18H40IN. The van der Waals surface area contributed by atoms with Crippen molar-refractivity contribution in [2.24, 2.45) is 5.73 Å². The van der Waals surface area contributed by atoms with Gasteiger partial charge in [0.2, 0.25) is 0 Å². The van der Waals surface area contributed by atoms with Crippen LogP contribution in [0, 0.1) is 0 Å². The molecule has 0 saturated heterocycles. The minimum Gasteiger partial charge on any atom is -0.328 e. The molecule has 0 spiro atoms. The van der Waals surface area contributed by atoms with Crippen LogP contribution < -0.4 is 5.73 Å². The van der Waals surface area contributed by atoms with Gasteiger partial charge in [-0.25, -0.2) is 0 Å². The van der Waals surface area contributed by atoms with E-state index in [1.807, 2.05) is 0 Å². The molecular weight excluding hydrogens is 357 g/mol. The average Bonchev–Trinajstić information content (AvgIpc) is 2.41. The summed E-state index contributed by atoms with van der Waals surface area (Å²) in [5.74, 6) is 0. The van der Waals surface area contributed by atoms with Crippen LogP contribution in [0.4, 0.5) is 0 Å². The maximum atomic E-state index is 6.18. The third kappa shape index (κ3) is 18.7. The zero-order valence-corrected chi connectivity index (χ0v) is 16.5. The summed E-state index contributed by atoms with van der Waals surface area (Å²) >= 11 is 0. The minimum absolute atomic E-state index is 0. The highest BCUT2D eigenvalue weighted by atomic mass is 127. The average molecular weight is 397 g/mol. The summed E-state index contributed by atoms with van der Waals surface area (Å²) in [5, 5.41) is 0. The van der Waals surface area contributed by atoms with Gasteiger partial charge >= 0.3 is 0 Å². The maximum absolute atomic E-state index is 6.18. The molecule has 20 heavy (non-hydrogen) atoms. The molecule has 0 fully saturated rings. The first-order valence-electron chi connectivity index (χ1n) is 9.06. The van der Waals surface area contributed by atoms with Crippen LogP contribution in [0.1, 0.15) is 110 Å². The van der Waals surface area contributed by atoms with Gasteiger partial charge in [-0.05, 0) is 12.8 Å². The first-order valence-corrected chi connectivity index (χ1v) is 9.06. The largest absolute Gasteiger partial charge is 0.328 e. The monoisotopic (exact) mass is 397 g/mol. The number of rotatable bonds is 15. The molecule has 2 heteroatoms. The van der Waals surface area contributed by atoms with Crippen molar-refractivity contribution in [2.75, 3.05) is 0 Å². The molecule has 124 valence electrons. The van der Waals surface area contributed by atoms with Gasteiger partial charge in [-0.1, -0.05) is 97.3 Å². The van der Waals surface area contributed by atoms with E-state index in [0.29, 0.717) is 6.04 Å². The van der Waals surface area contributed by atoms with Crippen molar-refractivity contribution in [1.29, 1.82) is 0 Å². The second-order valence-electron chi connectivity index (χ2n) is 6.23. The van der Waals surface area contributed by atoms with Crippen LogP contribution in [0.25, 0.3) is 0 Å². The molecule has 0 heterocycles. The Morgan fingerprint density at radius 3 is 1.20 bits per heavy atom. The van der Waals surface area contributed by atoms with Crippen molar-refractivity contribution in [3.05, 3.63) is 0 Å². The van der Waals surface area contributed by atoms with Gasteiger partial charge in [0.15, 0.2) is 0 Å². The smallest absolute Gasteiger partial charge is 0.00388 e. The molecule has 1 atom stereocenters. The minimum atomic E-state index is 0. The van der Waals surface area contributed by atoms with E-state index in [4.69, 9.17) is 5.73 Å². The Bertz CT molecular complexity index is 161. The third-order valence-electron chi connectivity index (χ3n) is 4.11. The van der Waals surface area contributed by atoms with Gasteiger partial charge < -0.3 is 5.73 Å². The zero-order chi connectivity index (χ0) is 14.2. The van der Waals surface area contributed by atoms with Crippen molar-refractivity contribution in [3.8, 4) is 0 Å². The fourth-order valence-corrected chi connectivity index (χ4v) is 2.69. The lowest BCUT2D eigenvalue weighted by Crippen LogP contribution is -2.19. The summed E-state index contributed by atoms with van der Waals surface area (Å²) in [5.41, 5.74) is 6.18. The summed E-state index contributed by atoms with van der Waals surface area (Å²) < 4.78 is 0. The summed E-state index contributed by atoms with van der Waals surface area (Å²) in [6, 6.07) is 0.474. The molecule has 0 amide bonds. The van der Waals surface area contributed by atoms with Gasteiger partial charge in [0.05, 0.1) is 0 Å². The van der Waals surface area contributed by atoms with E-state index in [2.05, 4.69) is 13.8 Å². The molecule has 0 rings (SSSR count). The Morgan fingerprint density at radius 1 is 0.550 bits per heavy atom. The van der Waals surface area contributed by atoms with E-state index in [1.54, 1.807) is 0 Å². The molecule has 2 N–H and O–H groups in total. The lowest BCUT2D eigenvalue weighted by atomic mass is 10.0. The fourth-order valence-electron chi connectivity index (χ4n) is 2.69. The first-order chi connectivity index (χ1) is 9.31. The highest BCUT2D eigenvalue weighted by molar-refractivity contribution is 14.0. The van der Waals surface area contributed by atoms with Crippen LogP contribution in [0.15, 0.2) is 0 Å². The molecule has 0 aromatic rings. The predicted octanol–water partition coefficient (Wildman–Crippen LogP) is 6.82. The van der Waals surface area contributed by atoms with Crippen molar-refractivity contribution >= 4 is 24.0 Å². The van der Waals surface area contributed by atoms with Crippen LogP contribution in [0.2, 0.25) is 0 Å². The SMILES string of the molecule is CCCCCCCCCC(N)CCCCCCCC.I. The number of hydrogen-bond acceptors (Lipinski definition) is 1. The van der Waals surface area contributed by atoms with Crippen molar-refractivity contribution < 1.29 is 0 Å². The molecule has 0 aliphatic carbocycles. The molecule has 0 radical (unpaired) electrons. The molecule has 0 aromatic carbocycles. The van der Waals surface area contributed by atoms with Crippen LogP contribution >= 0.6 is 24.0 Å². The quantitative estimate of drug-likeness (QED) is 0.238. The topological polar surface area (TPSA) is 26.0 Å². The van der Waals surface area contributed by atoms with Crippen LogP contribution in [0.5, 0.6) is 0 Å². The normalized spacial score (nSPS) is 12.2. The van der Waals surface area contributed by atoms with Crippen LogP contribution in [-0.4, -0.2) is 6.04 Å². The lowest BCUT2D eigenvalue weighted by Gasteiger charge is -2.11. The highest BCUT2D eigenvalue weighted by Crippen LogP contribution is 2.13. The molecule has 0 aliphatic rings. The summed E-state index contributed by atoms with van der Waals surface area (Å²) in [6.45, 7) is 4.56. The standard InChI is InChI=1S/C18H39N.HI/c1-3-5-7-9-11-13-15-17-18(19)16-14-12-10-8-6-4-2;/h18H,3-17,19H2,1-2H3;1H. The lowest BCUT2D eigenvalue weighted by molar-refractivity contribution is 0.483. The summed E-state index contributed by atoms with van der Waals surface area (Å²) in [4.78, 5) is 0. The van der Waals surface area contributed by atoms with Gasteiger partial charge in [-0.15, -0.1) is 24.0 Å². The van der Waals surface area contributed by atoms with Crippen LogP contribution in [-0.2, 0) is 0 Å². The molecule has 0 aliphatic heterocycles. The second-order valence-corrected chi connectivity index (χ2v) is 6.23. The molecule has 0 saturated carbocycles. The summed E-state index contributed by atoms with van der Waals surface area (Å²) in [7, 11) is 0. The molecule has 1 unspecified atom stereocenters. The molecule has 1 nitrogen and oxygen atoms in total. The van der Waals surface area contributed by atoms with E-state index in [0.717, 1.165) is 0 Å². The maximum Gasteiger partial charge on any atom is 0.00388 e. The van der Waals surface area contributed by atoms with Gasteiger partial charge in [-0.2, -0.15) is 0 Å². The number of halogens is 1. The van der Waals surface area contributed by atoms with E-state index in [-0.39, 0.29) is 24.0 Å². The van der Waals surface area contributed by atoms with Gasteiger partial charge in [-0.3, -0.25) is 0 Å². The van der Waals surface area contributed by atoms with Crippen molar-refractivity contribution in [3.63, 3.8) is 0 Å². The third-order valence-corrected chi connectivity index (χ3v) is 4.11. The van der Waals surface area contributed by atoms with Gasteiger partial charge in [0, 0.05) is 6.04 Å². The first kappa shape index (κ1) is 23.0. The Hall–Kier alpha value is 0.690. The van der Waals surface area contributed by atoms with E-state index in [1.165, 1.54) is 96.3 Å². The van der Waals surface area contributed by atoms with E-state index < -0.39 is 0 Å². The van der Waals surface area contributed by atoms with Gasteiger partial charge in [0.25, 0.3) is 0 Å². The molecule has 0 bridgehead atoms. The number of unbranched alkanes of at least 4 members (excludes halogenated alkanes) is 11. The highest BCUT2D eigenvalue weighted by Gasteiger charge is 2.02. The zero-order valence-electron chi connectivity index (χ0n) is 14.2. The predicted molar refractivity (Wildman–Crippen MR) is 104 cm³/mol. The molecule has 0 aromatic heterocycles. The fraction of sp³-hybridized carbons (Fsp3) is 1.00. The van der Waals surface area contributed by atoms with Crippen molar-refractivity contribution in [2.45, 2.75) is 116 Å². The van der Waals surface area contributed by atoms with Crippen LogP contribution in [0.3, 0.4) is 0 Å². The Kier molecular flexibility index (Phi) is 22.6. The second kappa shape index (κ2) is 19.7. The van der Waals surface area contributed by atoms with Gasteiger partial charge in [0.1, 0.15) is 0 Å². The van der Waals surface area contributed by atoms with E-state index >= 15 is 0 Å². The van der Waals surface area contributed by atoms with Crippen molar-refractivity contribution in [1.82, 2.24) is 0 Å². The number of hydrogen-bond donors (Lipinski definition) is 1. The Balaban J connectivity index is 0. The Labute approximate surface area is 145 Å². The Morgan fingerprint density at radius 2 is 0.850 bits per heavy atom. The van der Waals surface area contributed by atoms with E-state index in [9.17, 15) is 0 Å². The summed E-state index contributed by atoms with van der Waals surface area (Å²) in [6.07, 6.45) is 20.6.